The molecule has 3 aromatic rings. The maximum absolute atomic E-state index is 12.5. The van der Waals surface area contributed by atoms with Gasteiger partial charge < -0.3 is 24.6 Å². The fourth-order valence-electron chi connectivity index (χ4n) is 5.23. The average Bonchev–Trinajstić information content (AvgIpc) is 2.93. The molecule has 7 nitrogen and oxygen atoms in total. The molecule has 0 radical (unpaired) electrons. The molecule has 2 aromatic carbocycles. The largest absolute Gasteiger partial charge is 0.573 e. The van der Waals surface area contributed by atoms with Crippen LogP contribution in [0.5, 0.6) is 11.5 Å². The van der Waals surface area contributed by atoms with Crippen molar-refractivity contribution in [3.8, 4) is 11.5 Å². The number of aromatic nitrogens is 1. The smallest absolute Gasteiger partial charge is 0.497 e. The van der Waals surface area contributed by atoms with Crippen LogP contribution in [0.25, 0.3) is 10.9 Å². The second-order valence-electron chi connectivity index (χ2n) is 9.90. The van der Waals surface area contributed by atoms with Crippen LogP contribution in [0.4, 0.5) is 13.2 Å². The zero-order chi connectivity index (χ0) is 28.7. The number of benzene rings is 2. The number of carboxylic acids is 1. The van der Waals surface area contributed by atoms with E-state index in [0.29, 0.717) is 42.3 Å². The highest BCUT2D eigenvalue weighted by Gasteiger charge is 2.34. The molecule has 2 heterocycles. The van der Waals surface area contributed by atoms with Crippen LogP contribution in [0, 0.1) is 11.8 Å². The van der Waals surface area contributed by atoms with Gasteiger partial charge >= 0.3 is 12.3 Å². The van der Waals surface area contributed by atoms with Crippen molar-refractivity contribution in [2.75, 3.05) is 32.5 Å². The number of aliphatic hydroxyl groups excluding tert-OH is 1. The number of thioether (sulfide) groups is 1. The number of fused-ring (bicyclic) bond motifs is 1. The molecule has 1 aliphatic heterocycles. The minimum Gasteiger partial charge on any atom is -0.497 e. The summed E-state index contributed by atoms with van der Waals surface area (Å²) >= 11 is 1.44. The lowest BCUT2D eigenvalue weighted by Crippen LogP contribution is -2.44. The summed E-state index contributed by atoms with van der Waals surface area (Å²) in [5.74, 6) is -0.292. The Morgan fingerprint density at radius 3 is 2.77 bits per heavy atom. The number of rotatable bonds is 12. The highest BCUT2D eigenvalue weighted by Crippen LogP contribution is 2.34. The monoisotopic (exact) mass is 578 g/mol. The number of methoxy groups -OCH3 is 1. The summed E-state index contributed by atoms with van der Waals surface area (Å²) in [6.45, 7) is 1.90. The maximum Gasteiger partial charge on any atom is 0.573 e. The predicted octanol–water partition coefficient (Wildman–Crippen LogP) is 6.16. The number of alkyl halides is 3. The summed E-state index contributed by atoms with van der Waals surface area (Å²) in [6, 6.07) is 13.2. The van der Waals surface area contributed by atoms with E-state index in [4.69, 9.17) is 4.74 Å². The summed E-state index contributed by atoms with van der Waals surface area (Å²) in [6.07, 6.45) is -1.29. The van der Waals surface area contributed by atoms with Crippen LogP contribution in [-0.4, -0.2) is 64.9 Å². The summed E-state index contributed by atoms with van der Waals surface area (Å²) in [5.41, 5.74) is 1.51. The molecule has 1 fully saturated rings. The molecule has 216 valence electrons. The van der Waals surface area contributed by atoms with Crippen molar-refractivity contribution in [1.82, 2.24) is 9.88 Å². The van der Waals surface area contributed by atoms with Crippen molar-refractivity contribution in [3.05, 3.63) is 60.3 Å². The SMILES string of the molecule is COc1ccc2nccc([C@@H](O)CC[C@@H]3CCN(CCCSc4cccc(OC(F)(F)F)c4)C[C@@H]3C(=O)O)c2c1. The number of nitrogens with zero attached hydrogens (tertiary/aromatic N) is 2. The van der Waals surface area contributed by atoms with Crippen molar-refractivity contribution >= 4 is 28.6 Å². The Balaban J connectivity index is 1.26. The lowest BCUT2D eigenvalue weighted by molar-refractivity contribution is -0.274. The Kier molecular flexibility index (Phi) is 10.2. The van der Waals surface area contributed by atoms with Crippen LogP contribution in [0.2, 0.25) is 0 Å². The molecule has 0 aliphatic carbocycles. The predicted molar refractivity (Wildman–Crippen MR) is 147 cm³/mol. The molecule has 2 N–H and O–H groups in total. The first kappa shape index (κ1) is 30.0. The number of ether oxygens (including phenoxy) is 2. The molecule has 0 bridgehead atoms. The molecule has 40 heavy (non-hydrogen) atoms. The molecule has 0 spiro atoms. The van der Waals surface area contributed by atoms with Gasteiger partial charge in [0, 0.05) is 23.0 Å². The first-order valence-corrected chi connectivity index (χ1v) is 14.2. The topological polar surface area (TPSA) is 92.1 Å². The highest BCUT2D eigenvalue weighted by atomic mass is 32.2. The molecule has 0 amide bonds. The van der Waals surface area contributed by atoms with Crippen molar-refractivity contribution in [1.29, 1.82) is 0 Å². The van der Waals surface area contributed by atoms with E-state index in [-0.39, 0.29) is 11.7 Å². The third kappa shape index (κ3) is 8.25. The summed E-state index contributed by atoms with van der Waals surface area (Å²) < 4.78 is 46.7. The quantitative estimate of drug-likeness (QED) is 0.195. The summed E-state index contributed by atoms with van der Waals surface area (Å²) in [5, 5.41) is 21.8. The summed E-state index contributed by atoms with van der Waals surface area (Å²) in [7, 11) is 1.58. The second kappa shape index (κ2) is 13.6. The van der Waals surface area contributed by atoms with Crippen LogP contribution >= 0.6 is 11.8 Å². The van der Waals surface area contributed by atoms with Crippen molar-refractivity contribution in [2.24, 2.45) is 11.8 Å². The molecule has 3 atom stereocenters. The van der Waals surface area contributed by atoms with Gasteiger partial charge in [0.25, 0.3) is 0 Å². The molecule has 1 aromatic heterocycles. The third-order valence-electron chi connectivity index (χ3n) is 7.24. The number of likely N-dealkylation sites (tertiary alicyclic amines) is 1. The molecular weight excluding hydrogens is 545 g/mol. The van der Waals surface area contributed by atoms with Gasteiger partial charge in [0.05, 0.1) is 24.6 Å². The zero-order valence-electron chi connectivity index (χ0n) is 22.1. The number of hydrogen-bond donors (Lipinski definition) is 2. The van der Waals surface area contributed by atoms with Crippen LogP contribution < -0.4 is 9.47 Å². The molecule has 1 saturated heterocycles. The van der Waals surface area contributed by atoms with Gasteiger partial charge in [0.2, 0.25) is 0 Å². The number of pyridine rings is 1. The average molecular weight is 579 g/mol. The van der Waals surface area contributed by atoms with E-state index in [1.807, 2.05) is 18.2 Å². The maximum atomic E-state index is 12.5. The van der Waals surface area contributed by atoms with Crippen LogP contribution in [0.15, 0.2) is 59.6 Å². The van der Waals surface area contributed by atoms with E-state index in [1.165, 1.54) is 30.0 Å². The van der Waals surface area contributed by atoms with Gasteiger partial charge in [-0.3, -0.25) is 9.78 Å². The molecule has 0 saturated carbocycles. The lowest BCUT2D eigenvalue weighted by atomic mass is 9.81. The van der Waals surface area contributed by atoms with Crippen molar-refractivity contribution in [2.45, 2.75) is 43.0 Å². The molecular formula is C29H33F3N2O5S. The highest BCUT2D eigenvalue weighted by molar-refractivity contribution is 7.99. The van der Waals surface area contributed by atoms with Crippen LogP contribution in [-0.2, 0) is 4.79 Å². The number of aliphatic carboxylic acids is 1. The van der Waals surface area contributed by atoms with Gasteiger partial charge in [-0.05, 0) is 98.5 Å². The van der Waals surface area contributed by atoms with Gasteiger partial charge in [0.15, 0.2) is 0 Å². The van der Waals surface area contributed by atoms with E-state index in [9.17, 15) is 28.2 Å². The normalized spacial score (nSPS) is 18.9. The third-order valence-corrected chi connectivity index (χ3v) is 8.32. The van der Waals surface area contributed by atoms with Crippen LogP contribution in [0.3, 0.4) is 0 Å². The van der Waals surface area contributed by atoms with Crippen molar-refractivity contribution in [3.63, 3.8) is 0 Å². The van der Waals surface area contributed by atoms with Gasteiger partial charge in [-0.25, -0.2) is 0 Å². The van der Waals surface area contributed by atoms with Gasteiger partial charge in [-0.15, -0.1) is 24.9 Å². The molecule has 0 unspecified atom stereocenters. The summed E-state index contributed by atoms with van der Waals surface area (Å²) in [4.78, 5) is 19.3. The Labute approximate surface area is 235 Å². The molecule has 11 heteroatoms. The number of carboxylic acid groups (broad SMARTS) is 1. The minimum atomic E-state index is -4.73. The number of halogens is 3. The van der Waals surface area contributed by atoms with E-state index >= 15 is 0 Å². The van der Waals surface area contributed by atoms with Gasteiger partial charge in [-0.1, -0.05) is 6.07 Å². The lowest BCUT2D eigenvalue weighted by Gasteiger charge is -2.37. The van der Waals surface area contributed by atoms with Gasteiger partial charge in [-0.2, -0.15) is 0 Å². The fraction of sp³-hybridized carbons (Fsp3) is 0.448. The Bertz CT molecular complexity index is 1290. The van der Waals surface area contributed by atoms with E-state index in [0.717, 1.165) is 35.9 Å². The van der Waals surface area contributed by atoms with Crippen molar-refractivity contribution < 1.29 is 37.7 Å². The Morgan fingerprint density at radius 1 is 1.20 bits per heavy atom. The van der Waals surface area contributed by atoms with E-state index in [2.05, 4.69) is 14.6 Å². The first-order chi connectivity index (χ1) is 19.1. The number of piperidine rings is 1. The number of aliphatic hydroxyl groups is 1. The first-order valence-electron chi connectivity index (χ1n) is 13.2. The van der Waals surface area contributed by atoms with Gasteiger partial charge in [0.1, 0.15) is 11.5 Å². The Morgan fingerprint density at radius 2 is 2.02 bits per heavy atom. The second-order valence-corrected chi connectivity index (χ2v) is 11.1. The molecule has 1 aliphatic rings. The molecule has 4 rings (SSSR count). The standard InChI is InChI=1S/C29H33F3N2O5S/c1-38-20-7-8-26-24(17-20)23(10-12-33-26)27(35)9-6-19-11-14-34(18-25(19)28(36)37)13-3-15-40-22-5-2-4-21(16-22)39-29(30,31)32/h2,4-5,7-8,10,12,16-17,19,25,27,35H,3,6,9,11,13-15,18H2,1H3,(H,36,37)/t19-,25+,27+/m1/s1. The zero-order valence-corrected chi connectivity index (χ0v) is 23.0. The number of carbonyl (C=O) groups is 1. The van der Waals surface area contributed by atoms with Crippen LogP contribution in [0.1, 0.15) is 37.4 Å². The minimum absolute atomic E-state index is 0.0446. The van der Waals surface area contributed by atoms with E-state index in [1.54, 1.807) is 25.4 Å². The van der Waals surface area contributed by atoms with E-state index < -0.39 is 24.4 Å². The fourth-order valence-corrected chi connectivity index (χ4v) is 6.11. The number of hydrogen-bond acceptors (Lipinski definition) is 7. The Hall–Kier alpha value is -3.02.